The summed E-state index contributed by atoms with van der Waals surface area (Å²) in [4.78, 5) is 0. The number of hydrogen-bond donors (Lipinski definition) is 1. The molecule has 106 valence electrons. The van der Waals surface area contributed by atoms with Gasteiger partial charge in [0, 0.05) is 19.2 Å². The molecule has 0 aromatic heterocycles. The summed E-state index contributed by atoms with van der Waals surface area (Å²) < 4.78 is 5.67. The Morgan fingerprint density at radius 3 is 2.56 bits per heavy atom. The molecule has 0 amide bonds. The van der Waals surface area contributed by atoms with E-state index in [-0.39, 0.29) is 0 Å². The molecule has 2 saturated carbocycles. The molecule has 3 unspecified atom stereocenters. The quantitative estimate of drug-likeness (QED) is 0.732. The molecule has 2 aliphatic carbocycles. The average molecular weight is 253 g/mol. The molecule has 0 aromatic carbocycles. The number of fused-ring (bicyclic) bond motifs is 2. The SMILES string of the molecule is CC(C)COCCNC1C2(C)CCC(C2)C1(C)C. The zero-order valence-electron chi connectivity index (χ0n) is 12.9. The second kappa shape index (κ2) is 5.13. The van der Waals surface area contributed by atoms with Crippen molar-refractivity contribution in [2.45, 2.75) is 59.9 Å². The van der Waals surface area contributed by atoms with Crippen LogP contribution in [0.3, 0.4) is 0 Å². The van der Waals surface area contributed by atoms with Crippen LogP contribution in [0.4, 0.5) is 0 Å². The summed E-state index contributed by atoms with van der Waals surface area (Å²) in [5, 5.41) is 3.79. The van der Waals surface area contributed by atoms with Gasteiger partial charge in [0.1, 0.15) is 0 Å². The maximum absolute atomic E-state index is 5.67. The Hall–Kier alpha value is -0.0800. The molecule has 0 saturated heterocycles. The third-order valence-electron chi connectivity index (χ3n) is 5.32. The van der Waals surface area contributed by atoms with Crippen LogP contribution in [-0.4, -0.2) is 25.8 Å². The van der Waals surface area contributed by atoms with Crippen molar-refractivity contribution in [3.63, 3.8) is 0 Å². The van der Waals surface area contributed by atoms with Crippen LogP contribution < -0.4 is 5.32 Å². The van der Waals surface area contributed by atoms with Gasteiger partial charge in [-0.1, -0.05) is 34.6 Å². The van der Waals surface area contributed by atoms with Gasteiger partial charge in [-0.25, -0.2) is 0 Å². The monoisotopic (exact) mass is 253 g/mol. The second-order valence-corrected chi connectivity index (χ2v) is 7.77. The molecule has 0 heterocycles. The minimum absolute atomic E-state index is 0.463. The lowest BCUT2D eigenvalue weighted by molar-refractivity contribution is 0.0794. The second-order valence-electron chi connectivity index (χ2n) is 7.77. The van der Waals surface area contributed by atoms with E-state index < -0.39 is 0 Å². The Kier molecular flexibility index (Phi) is 4.08. The molecule has 0 radical (unpaired) electrons. The Labute approximate surface area is 113 Å². The zero-order valence-corrected chi connectivity index (χ0v) is 12.9. The van der Waals surface area contributed by atoms with Crippen LogP contribution in [0.5, 0.6) is 0 Å². The standard InChI is InChI=1S/C16H31NO/c1-12(2)11-18-9-8-17-14-15(3,4)13-6-7-16(14,5)10-13/h12-14,17H,6-11H2,1-5H3. The lowest BCUT2D eigenvalue weighted by Gasteiger charge is -2.43. The van der Waals surface area contributed by atoms with Gasteiger partial charge in [-0.05, 0) is 41.9 Å². The van der Waals surface area contributed by atoms with Crippen LogP contribution in [0.2, 0.25) is 0 Å². The Bertz CT molecular complexity index is 282. The fraction of sp³-hybridized carbons (Fsp3) is 1.00. The summed E-state index contributed by atoms with van der Waals surface area (Å²) in [6.07, 6.45) is 4.27. The van der Waals surface area contributed by atoms with Gasteiger partial charge in [0.25, 0.3) is 0 Å². The number of ether oxygens (including phenoxy) is 1. The highest BCUT2D eigenvalue weighted by molar-refractivity contribution is 5.11. The van der Waals surface area contributed by atoms with Gasteiger partial charge in [-0.15, -0.1) is 0 Å². The molecule has 0 aromatic rings. The predicted molar refractivity (Wildman–Crippen MR) is 76.7 cm³/mol. The lowest BCUT2D eigenvalue weighted by Crippen LogP contribution is -2.51. The Balaban J connectivity index is 1.78. The minimum atomic E-state index is 0.463. The first-order valence-electron chi connectivity index (χ1n) is 7.67. The minimum Gasteiger partial charge on any atom is -0.380 e. The summed E-state index contributed by atoms with van der Waals surface area (Å²) in [6.45, 7) is 14.5. The zero-order chi connectivity index (χ0) is 13.4. The largest absolute Gasteiger partial charge is 0.380 e. The van der Waals surface area contributed by atoms with Crippen molar-refractivity contribution in [2.75, 3.05) is 19.8 Å². The maximum atomic E-state index is 5.67. The summed E-state index contributed by atoms with van der Waals surface area (Å²) in [6, 6.07) is 0.673. The molecule has 0 aliphatic heterocycles. The highest BCUT2D eigenvalue weighted by Gasteiger charge is 2.58. The van der Waals surface area contributed by atoms with Crippen molar-refractivity contribution in [1.29, 1.82) is 0 Å². The highest BCUT2D eigenvalue weighted by Crippen LogP contribution is 2.62. The molecule has 0 spiro atoms. The lowest BCUT2D eigenvalue weighted by atomic mass is 9.68. The molecule has 2 rings (SSSR count). The summed E-state index contributed by atoms with van der Waals surface area (Å²) in [5.41, 5.74) is 0.997. The van der Waals surface area contributed by atoms with E-state index in [1.807, 2.05) is 0 Å². The van der Waals surface area contributed by atoms with Crippen LogP contribution >= 0.6 is 0 Å². The third kappa shape index (κ3) is 2.60. The van der Waals surface area contributed by atoms with Gasteiger partial charge in [0.15, 0.2) is 0 Å². The van der Waals surface area contributed by atoms with Crippen LogP contribution in [0.1, 0.15) is 53.9 Å². The van der Waals surface area contributed by atoms with Gasteiger partial charge in [0.2, 0.25) is 0 Å². The Morgan fingerprint density at radius 2 is 2.00 bits per heavy atom. The van der Waals surface area contributed by atoms with Crippen molar-refractivity contribution in [3.05, 3.63) is 0 Å². The van der Waals surface area contributed by atoms with E-state index >= 15 is 0 Å². The molecular formula is C16H31NO. The molecule has 3 atom stereocenters. The Morgan fingerprint density at radius 1 is 1.28 bits per heavy atom. The maximum Gasteiger partial charge on any atom is 0.0591 e. The number of rotatable bonds is 6. The van der Waals surface area contributed by atoms with E-state index in [1.165, 1.54) is 19.3 Å². The summed E-state index contributed by atoms with van der Waals surface area (Å²) >= 11 is 0. The van der Waals surface area contributed by atoms with Crippen LogP contribution in [0, 0.1) is 22.7 Å². The fourth-order valence-electron chi connectivity index (χ4n) is 4.41. The third-order valence-corrected chi connectivity index (χ3v) is 5.32. The molecule has 2 aliphatic rings. The van der Waals surface area contributed by atoms with E-state index in [2.05, 4.69) is 39.9 Å². The van der Waals surface area contributed by atoms with Gasteiger partial charge in [-0.3, -0.25) is 0 Å². The first kappa shape index (κ1) is 14.3. The topological polar surface area (TPSA) is 21.3 Å². The number of nitrogens with one attached hydrogen (secondary N) is 1. The molecule has 2 bridgehead atoms. The summed E-state index contributed by atoms with van der Waals surface area (Å²) in [7, 11) is 0. The predicted octanol–water partition coefficient (Wildman–Crippen LogP) is 3.46. The van der Waals surface area contributed by atoms with E-state index in [4.69, 9.17) is 4.74 Å². The van der Waals surface area contributed by atoms with Gasteiger partial charge < -0.3 is 10.1 Å². The van der Waals surface area contributed by atoms with Gasteiger partial charge in [0.05, 0.1) is 6.61 Å². The summed E-state index contributed by atoms with van der Waals surface area (Å²) in [5.74, 6) is 1.57. The van der Waals surface area contributed by atoms with Gasteiger partial charge >= 0.3 is 0 Å². The van der Waals surface area contributed by atoms with Crippen LogP contribution in [-0.2, 0) is 4.74 Å². The molecule has 18 heavy (non-hydrogen) atoms. The molecule has 2 heteroatoms. The van der Waals surface area contributed by atoms with Crippen molar-refractivity contribution < 1.29 is 4.74 Å². The molecule has 2 fully saturated rings. The van der Waals surface area contributed by atoms with Gasteiger partial charge in [-0.2, -0.15) is 0 Å². The van der Waals surface area contributed by atoms with Crippen LogP contribution in [0.15, 0.2) is 0 Å². The van der Waals surface area contributed by atoms with E-state index in [0.29, 0.717) is 22.8 Å². The van der Waals surface area contributed by atoms with E-state index in [9.17, 15) is 0 Å². The van der Waals surface area contributed by atoms with Crippen molar-refractivity contribution in [3.8, 4) is 0 Å². The fourth-order valence-corrected chi connectivity index (χ4v) is 4.41. The van der Waals surface area contributed by atoms with Crippen molar-refractivity contribution in [1.82, 2.24) is 5.32 Å². The first-order valence-corrected chi connectivity index (χ1v) is 7.67. The highest BCUT2D eigenvalue weighted by atomic mass is 16.5. The van der Waals surface area contributed by atoms with Crippen molar-refractivity contribution in [2.24, 2.45) is 22.7 Å². The van der Waals surface area contributed by atoms with Crippen LogP contribution in [0.25, 0.3) is 0 Å². The molecule has 1 N–H and O–H groups in total. The van der Waals surface area contributed by atoms with Crippen molar-refractivity contribution >= 4 is 0 Å². The normalized spacial score (nSPS) is 37.7. The van der Waals surface area contributed by atoms with E-state index in [1.54, 1.807) is 0 Å². The average Bonchev–Trinajstić information content (AvgIpc) is 2.72. The molecule has 2 nitrogen and oxygen atoms in total. The first-order chi connectivity index (χ1) is 8.36. The molecular weight excluding hydrogens is 222 g/mol. The number of hydrogen-bond acceptors (Lipinski definition) is 2. The van der Waals surface area contributed by atoms with E-state index in [0.717, 1.165) is 25.7 Å². The smallest absolute Gasteiger partial charge is 0.0591 e.